The zero-order valence-corrected chi connectivity index (χ0v) is 26.4. The van der Waals surface area contributed by atoms with Crippen molar-refractivity contribution >= 4 is 36.1 Å². The Morgan fingerprint density at radius 1 is 0.632 bits per heavy atom. The van der Waals surface area contributed by atoms with Crippen LogP contribution >= 0.6 is 7.26 Å². The Kier molecular flexibility index (Phi) is 18.7. The molecular formula is C20H43F6NO7PS2Si+. The van der Waals surface area contributed by atoms with E-state index in [1.807, 2.05) is 0 Å². The number of sulfonamides is 2. The van der Waals surface area contributed by atoms with Gasteiger partial charge in [-0.25, -0.2) is 16.8 Å². The fourth-order valence-electron chi connectivity index (χ4n) is 3.58. The van der Waals surface area contributed by atoms with Gasteiger partial charge in [-0.3, -0.25) is 0 Å². The molecule has 0 aliphatic carbocycles. The highest BCUT2D eigenvalue weighted by molar-refractivity contribution is 8.05. The molecule has 0 aromatic carbocycles. The second-order valence-electron chi connectivity index (χ2n) is 8.68. The normalized spacial score (nSPS) is 13.8. The van der Waals surface area contributed by atoms with Gasteiger partial charge in [-0.2, -0.15) is 26.3 Å². The largest absolute Gasteiger partial charge is 0.512 e. The van der Waals surface area contributed by atoms with E-state index in [4.69, 9.17) is 13.3 Å². The van der Waals surface area contributed by atoms with Crippen LogP contribution in [-0.4, -0.2) is 82.6 Å². The first kappa shape index (κ1) is 40.1. The standard InChI is InChI=1S/C18H42O3PSi.C2HF6NO4S2/c1-7-10-14-22(15-11-8-2,16-12-9-3)17-13-18-23(19-4,20-5)21-6;3-1(4,5)14(10,11)9-15(12,13)2(6,7)8/h7-18H2,1-6H3;9H/q+1;. The van der Waals surface area contributed by atoms with Crippen molar-refractivity contribution in [2.45, 2.75) is 82.8 Å². The topological polar surface area (TPSA) is 108 Å². The SMILES string of the molecule is CCCC[P+](CCCC)(CCCC)CCC[Si](OC)(OC)OC.O=S(=O)(NS(=O)(=O)C(F)(F)F)C(F)(F)F. The Hall–Kier alpha value is -0.0331. The van der Waals surface area contributed by atoms with Crippen LogP contribution in [0, 0.1) is 0 Å². The van der Waals surface area contributed by atoms with E-state index in [1.165, 1.54) is 69.6 Å². The monoisotopic (exact) mass is 646 g/mol. The van der Waals surface area contributed by atoms with Gasteiger partial charge < -0.3 is 13.3 Å². The quantitative estimate of drug-likeness (QED) is 0.111. The third kappa shape index (κ3) is 14.0. The van der Waals surface area contributed by atoms with Gasteiger partial charge in [-0.1, -0.05) is 44.2 Å². The Balaban J connectivity index is 0. The third-order valence-electron chi connectivity index (χ3n) is 5.84. The molecule has 1 N–H and O–H groups in total. The van der Waals surface area contributed by atoms with Gasteiger partial charge in [-0.05, 0) is 25.7 Å². The molecule has 0 unspecified atom stereocenters. The van der Waals surface area contributed by atoms with Gasteiger partial charge in [0, 0.05) is 34.6 Å². The first-order chi connectivity index (χ1) is 17.3. The van der Waals surface area contributed by atoms with Crippen LogP contribution in [-0.2, 0) is 33.3 Å². The molecule has 0 aromatic heterocycles. The zero-order valence-electron chi connectivity index (χ0n) is 22.9. The van der Waals surface area contributed by atoms with E-state index in [9.17, 15) is 43.2 Å². The van der Waals surface area contributed by atoms with Crippen LogP contribution in [0.15, 0.2) is 0 Å². The average Bonchev–Trinajstić information content (AvgIpc) is 2.81. The van der Waals surface area contributed by atoms with Gasteiger partial charge in [0.2, 0.25) is 0 Å². The predicted octanol–water partition coefficient (Wildman–Crippen LogP) is 5.95. The van der Waals surface area contributed by atoms with Crippen LogP contribution in [0.3, 0.4) is 0 Å². The maximum Gasteiger partial charge on any atom is 0.512 e. The first-order valence-corrected chi connectivity index (χ1v) is 19.6. The number of nitrogens with one attached hydrogen (secondary N) is 1. The maximum absolute atomic E-state index is 11.5. The first-order valence-electron chi connectivity index (χ1n) is 12.2. The molecule has 0 aliphatic heterocycles. The molecule has 0 aromatic rings. The number of hydrogen-bond acceptors (Lipinski definition) is 7. The van der Waals surface area contributed by atoms with Crippen molar-refractivity contribution in [3.63, 3.8) is 0 Å². The van der Waals surface area contributed by atoms with E-state index in [1.54, 1.807) is 21.3 Å². The lowest BCUT2D eigenvalue weighted by Crippen LogP contribution is -2.45. The number of rotatable bonds is 18. The van der Waals surface area contributed by atoms with Gasteiger partial charge in [0.25, 0.3) is 0 Å². The van der Waals surface area contributed by atoms with Crippen LogP contribution in [0.5, 0.6) is 0 Å². The zero-order chi connectivity index (χ0) is 30.3. The predicted molar refractivity (Wildman–Crippen MR) is 140 cm³/mol. The highest BCUT2D eigenvalue weighted by Crippen LogP contribution is 2.61. The molecule has 18 heteroatoms. The van der Waals surface area contributed by atoms with Crippen molar-refractivity contribution in [1.82, 2.24) is 4.13 Å². The summed E-state index contributed by atoms with van der Waals surface area (Å²) in [5.74, 6) is 0. The van der Waals surface area contributed by atoms with Crippen LogP contribution in [0.4, 0.5) is 26.3 Å². The number of hydrogen-bond donors (Lipinski definition) is 1. The molecule has 0 radical (unpaired) electrons. The van der Waals surface area contributed by atoms with Gasteiger partial charge in [0.05, 0.1) is 24.6 Å². The van der Waals surface area contributed by atoms with E-state index in [-0.39, 0.29) is 0 Å². The summed E-state index contributed by atoms with van der Waals surface area (Å²) < 4.78 is 125. The molecule has 0 atom stereocenters. The van der Waals surface area contributed by atoms with E-state index in [0.29, 0.717) is 0 Å². The summed E-state index contributed by atoms with van der Waals surface area (Å²) in [6.07, 6.45) is 15.3. The molecule has 0 heterocycles. The van der Waals surface area contributed by atoms with Crippen molar-refractivity contribution in [3.05, 3.63) is 0 Å². The molecule has 0 saturated heterocycles. The molecule has 232 valence electrons. The molecule has 0 saturated carbocycles. The second-order valence-corrected chi connectivity index (χ2v) is 19.8. The molecule has 0 aliphatic rings. The van der Waals surface area contributed by atoms with Crippen LogP contribution in [0.2, 0.25) is 6.04 Å². The second kappa shape index (κ2) is 17.7. The van der Waals surface area contributed by atoms with Crippen molar-refractivity contribution in [1.29, 1.82) is 0 Å². The van der Waals surface area contributed by atoms with Gasteiger partial charge in [0.1, 0.15) is 0 Å². The lowest BCUT2D eigenvalue weighted by molar-refractivity contribution is -0.0476. The van der Waals surface area contributed by atoms with E-state index in [2.05, 4.69) is 20.8 Å². The summed E-state index contributed by atoms with van der Waals surface area (Å²) in [4.78, 5) is 0. The van der Waals surface area contributed by atoms with Crippen LogP contribution in [0.1, 0.15) is 65.7 Å². The Morgan fingerprint density at radius 2 is 0.921 bits per heavy atom. The van der Waals surface area contributed by atoms with E-state index >= 15 is 0 Å². The highest BCUT2D eigenvalue weighted by atomic mass is 32.3. The highest BCUT2D eigenvalue weighted by Gasteiger charge is 2.55. The molecule has 38 heavy (non-hydrogen) atoms. The van der Waals surface area contributed by atoms with Crippen molar-refractivity contribution in [2.24, 2.45) is 0 Å². The van der Waals surface area contributed by atoms with Crippen molar-refractivity contribution in [3.8, 4) is 0 Å². The summed E-state index contributed by atoms with van der Waals surface area (Å²) >= 11 is 0. The van der Waals surface area contributed by atoms with E-state index in [0.717, 1.165) is 6.04 Å². The third-order valence-corrected chi connectivity index (χ3v) is 16.7. The molecule has 0 bridgehead atoms. The lowest BCUT2D eigenvalue weighted by atomic mass is 10.4. The van der Waals surface area contributed by atoms with Gasteiger partial charge in [0.15, 0.2) is 0 Å². The van der Waals surface area contributed by atoms with Crippen LogP contribution < -0.4 is 4.13 Å². The smallest absolute Gasteiger partial charge is 0.377 e. The lowest BCUT2D eigenvalue weighted by Gasteiger charge is -2.30. The fourth-order valence-corrected chi connectivity index (χ4v) is 12.6. The molecule has 0 spiro atoms. The maximum atomic E-state index is 11.5. The van der Waals surface area contributed by atoms with E-state index < -0.39 is 51.3 Å². The Bertz CT molecular complexity index is 783. The number of unbranched alkanes of at least 4 members (excludes halogenated alkanes) is 3. The van der Waals surface area contributed by atoms with Crippen molar-refractivity contribution in [2.75, 3.05) is 46.0 Å². The average molecular weight is 647 g/mol. The Morgan fingerprint density at radius 3 is 1.16 bits per heavy atom. The molecule has 8 nitrogen and oxygen atoms in total. The number of halogens is 6. The minimum atomic E-state index is -6.60. The van der Waals surface area contributed by atoms with Gasteiger partial charge in [-0.15, -0.1) is 0 Å². The fraction of sp³-hybridized carbons (Fsp3) is 1.00. The minimum Gasteiger partial charge on any atom is -0.377 e. The van der Waals surface area contributed by atoms with Crippen molar-refractivity contribution < 1.29 is 56.5 Å². The molecule has 0 rings (SSSR count). The molecule has 0 fully saturated rings. The summed E-state index contributed by atoms with van der Waals surface area (Å²) in [6.45, 7) is 6.98. The summed E-state index contributed by atoms with van der Waals surface area (Å²) in [5, 5.41) is 0. The Labute approximate surface area is 225 Å². The molecule has 0 amide bonds. The van der Waals surface area contributed by atoms with Gasteiger partial charge >= 0.3 is 39.9 Å². The summed E-state index contributed by atoms with van der Waals surface area (Å²) in [5.41, 5.74) is -12.3. The number of alkyl halides is 6. The van der Waals surface area contributed by atoms with Crippen LogP contribution in [0.25, 0.3) is 0 Å². The summed E-state index contributed by atoms with van der Waals surface area (Å²) in [7, 11) is -11.2. The molecular weight excluding hydrogens is 603 g/mol. The minimum absolute atomic E-state index is 0.493. The summed E-state index contributed by atoms with van der Waals surface area (Å²) in [6, 6.07) is 0.961.